The molecule has 0 atom stereocenters. The summed E-state index contributed by atoms with van der Waals surface area (Å²) in [6.45, 7) is 2.07. The summed E-state index contributed by atoms with van der Waals surface area (Å²) in [5.41, 5.74) is 0.152. The van der Waals surface area contributed by atoms with Crippen LogP contribution in [0.3, 0.4) is 0 Å². The van der Waals surface area contributed by atoms with E-state index in [-0.39, 0.29) is 23.8 Å². The van der Waals surface area contributed by atoms with Gasteiger partial charge >= 0.3 is 5.69 Å². The van der Waals surface area contributed by atoms with Gasteiger partial charge in [-0.25, -0.2) is 9.18 Å². The number of rotatable bonds is 3. The molecule has 1 fully saturated rings. The molecule has 4 rings (SSSR count). The molecule has 3 heterocycles. The van der Waals surface area contributed by atoms with E-state index in [2.05, 4.69) is 0 Å². The maximum atomic E-state index is 14.0. The van der Waals surface area contributed by atoms with Crippen LogP contribution < -0.4 is 16.1 Å². The molecule has 1 aromatic carbocycles. The number of halogens is 1. The summed E-state index contributed by atoms with van der Waals surface area (Å²) >= 11 is 0. The minimum Gasteiger partial charge on any atom is -0.366 e. The van der Waals surface area contributed by atoms with Crippen LogP contribution in [-0.2, 0) is 25.4 Å². The van der Waals surface area contributed by atoms with E-state index in [1.54, 1.807) is 47.0 Å². The number of para-hydroxylation sites is 1. The fraction of sp³-hybridized carbons (Fsp3) is 0.350. The summed E-state index contributed by atoms with van der Waals surface area (Å²) in [6.07, 6.45) is 1.65. The van der Waals surface area contributed by atoms with Crippen LogP contribution >= 0.6 is 0 Å². The Kier molecular flexibility index (Phi) is 4.73. The Morgan fingerprint density at radius 2 is 1.69 bits per heavy atom. The first-order valence-corrected chi connectivity index (χ1v) is 9.40. The summed E-state index contributed by atoms with van der Waals surface area (Å²) in [5, 5.41) is 0.395. The van der Waals surface area contributed by atoms with E-state index in [1.165, 1.54) is 17.7 Å². The smallest absolute Gasteiger partial charge is 0.332 e. The molecule has 9 heteroatoms. The van der Waals surface area contributed by atoms with Crippen LogP contribution in [0.4, 0.5) is 10.1 Å². The quantitative estimate of drug-likeness (QED) is 0.644. The minimum absolute atomic E-state index is 0.0314. The van der Waals surface area contributed by atoms with Crippen molar-refractivity contribution in [3.05, 3.63) is 63.2 Å². The Morgan fingerprint density at radius 3 is 2.38 bits per heavy atom. The van der Waals surface area contributed by atoms with E-state index in [4.69, 9.17) is 0 Å². The largest absolute Gasteiger partial charge is 0.366 e. The summed E-state index contributed by atoms with van der Waals surface area (Å²) in [6, 6.07) is 8.24. The van der Waals surface area contributed by atoms with Crippen molar-refractivity contribution in [1.29, 1.82) is 0 Å². The van der Waals surface area contributed by atoms with Gasteiger partial charge in [-0.15, -0.1) is 0 Å². The molecule has 0 bridgehead atoms. The Labute approximate surface area is 166 Å². The molecule has 8 nitrogen and oxygen atoms in total. The molecule has 1 saturated heterocycles. The molecule has 1 amide bonds. The van der Waals surface area contributed by atoms with Gasteiger partial charge in [0.25, 0.3) is 5.56 Å². The van der Waals surface area contributed by atoms with E-state index in [0.29, 0.717) is 42.9 Å². The Morgan fingerprint density at radius 1 is 1.00 bits per heavy atom. The van der Waals surface area contributed by atoms with Gasteiger partial charge in [0.2, 0.25) is 5.91 Å². The standard InChI is InChI=1S/C20H22FN5O3/c1-22-18-14(19(28)23(2)20(22)29)7-8-26(18)13-17(27)25-11-9-24(10-12-25)16-6-4-3-5-15(16)21/h3-8H,9-13H2,1-2H3. The topological polar surface area (TPSA) is 72.5 Å². The maximum absolute atomic E-state index is 14.0. The number of aromatic nitrogens is 3. The van der Waals surface area contributed by atoms with Crippen LogP contribution in [0, 0.1) is 5.82 Å². The number of piperazine rings is 1. The second-order valence-corrected chi connectivity index (χ2v) is 7.21. The molecule has 0 saturated carbocycles. The Hall–Kier alpha value is -3.36. The van der Waals surface area contributed by atoms with E-state index in [1.807, 2.05) is 4.90 Å². The molecule has 3 aromatic rings. The monoisotopic (exact) mass is 399 g/mol. The number of fused-ring (bicyclic) bond motifs is 1. The van der Waals surface area contributed by atoms with Gasteiger partial charge in [-0.05, 0) is 18.2 Å². The first-order chi connectivity index (χ1) is 13.9. The van der Waals surface area contributed by atoms with Crippen LogP contribution in [0.5, 0.6) is 0 Å². The maximum Gasteiger partial charge on any atom is 0.332 e. The van der Waals surface area contributed by atoms with E-state index in [9.17, 15) is 18.8 Å². The summed E-state index contributed by atoms with van der Waals surface area (Å²) in [7, 11) is 3.01. The van der Waals surface area contributed by atoms with Gasteiger partial charge < -0.3 is 14.4 Å². The van der Waals surface area contributed by atoms with Gasteiger partial charge in [-0.1, -0.05) is 12.1 Å². The predicted molar refractivity (Wildman–Crippen MR) is 108 cm³/mol. The molecular formula is C20H22FN5O3. The highest BCUT2D eigenvalue weighted by Crippen LogP contribution is 2.20. The average molecular weight is 399 g/mol. The number of carbonyl (C=O) groups excluding carboxylic acids is 1. The number of hydrogen-bond acceptors (Lipinski definition) is 4. The third kappa shape index (κ3) is 3.22. The van der Waals surface area contributed by atoms with Crippen molar-refractivity contribution in [2.75, 3.05) is 31.1 Å². The summed E-state index contributed by atoms with van der Waals surface area (Å²) in [4.78, 5) is 41.0. The second kappa shape index (κ2) is 7.23. The lowest BCUT2D eigenvalue weighted by Crippen LogP contribution is -2.49. The molecule has 29 heavy (non-hydrogen) atoms. The third-order valence-electron chi connectivity index (χ3n) is 5.49. The zero-order valence-electron chi connectivity index (χ0n) is 16.3. The third-order valence-corrected chi connectivity index (χ3v) is 5.49. The highest BCUT2D eigenvalue weighted by Gasteiger charge is 2.23. The highest BCUT2D eigenvalue weighted by atomic mass is 19.1. The van der Waals surface area contributed by atoms with Gasteiger partial charge in [0.05, 0.1) is 11.1 Å². The average Bonchev–Trinajstić information content (AvgIpc) is 3.15. The molecule has 1 aliphatic rings. The number of hydrogen-bond donors (Lipinski definition) is 0. The predicted octanol–water partition coefficient (Wildman–Crippen LogP) is 0.527. The molecule has 0 radical (unpaired) electrons. The number of aryl methyl sites for hydroxylation is 1. The lowest BCUT2D eigenvalue weighted by molar-refractivity contribution is -0.132. The Balaban J connectivity index is 1.51. The number of amides is 1. The van der Waals surface area contributed by atoms with Crippen molar-refractivity contribution in [3.8, 4) is 0 Å². The van der Waals surface area contributed by atoms with Gasteiger partial charge in [0.1, 0.15) is 18.0 Å². The molecule has 0 unspecified atom stereocenters. The first kappa shape index (κ1) is 19.0. The molecule has 152 valence electrons. The molecular weight excluding hydrogens is 377 g/mol. The zero-order valence-corrected chi connectivity index (χ0v) is 16.3. The van der Waals surface area contributed by atoms with Crippen molar-refractivity contribution >= 4 is 22.6 Å². The number of anilines is 1. The normalized spacial score (nSPS) is 14.6. The zero-order chi connectivity index (χ0) is 20.7. The first-order valence-electron chi connectivity index (χ1n) is 9.40. The SMILES string of the molecule is Cn1c(=O)c2ccn(CC(=O)N3CCN(c4ccccc4F)CC3)c2n(C)c1=O. The van der Waals surface area contributed by atoms with Gasteiger partial charge in [-0.2, -0.15) is 0 Å². The van der Waals surface area contributed by atoms with Crippen molar-refractivity contribution in [2.45, 2.75) is 6.54 Å². The fourth-order valence-electron chi connectivity index (χ4n) is 3.87. The Bertz CT molecular complexity index is 1200. The molecule has 2 aromatic heterocycles. The van der Waals surface area contributed by atoms with E-state index >= 15 is 0 Å². The highest BCUT2D eigenvalue weighted by molar-refractivity contribution is 5.81. The van der Waals surface area contributed by atoms with Crippen LogP contribution in [0.15, 0.2) is 46.1 Å². The van der Waals surface area contributed by atoms with Crippen molar-refractivity contribution < 1.29 is 9.18 Å². The lowest BCUT2D eigenvalue weighted by Gasteiger charge is -2.36. The van der Waals surface area contributed by atoms with E-state index < -0.39 is 5.69 Å². The van der Waals surface area contributed by atoms with Gasteiger partial charge in [0, 0.05) is 46.5 Å². The molecule has 1 aliphatic heterocycles. The van der Waals surface area contributed by atoms with Crippen LogP contribution in [0.1, 0.15) is 0 Å². The fourth-order valence-corrected chi connectivity index (χ4v) is 3.87. The summed E-state index contributed by atoms with van der Waals surface area (Å²) < 4.78 is 18.0. The molecule has 0 spiro atoms. The minimum atomic E-state index is -0.437. The van der Waals surface area contributed by atoms with Crippen LogP contribution in [-0.4, -0.2) is 50.7 Å². The lowest BCUT2D eigenvalue weighted by atomic mass is 10.2. The number of benzene rings is 1. The van der Waals surface area contributed by atoms with Crippen LogP contribution in [0.2, 0.25) is 0 Å². The number of carbonyl (C=O) groups is 1. The van der Waals surface area contributed by atoms with Crippen molar-refractivity contribution in [1.82, 2.24) is 18.6 Å². The molecule has 0 aliphatic carbocycles. The van der Waals surface area contributed by atoms with Gasteiger partial charge in [0.15, 0.2) is 0 Å². The van der Waals surface area contributed by atoms with Crippen molar-refractivity contribution in [3.63, 3.8) is 0 Å². The van der Waals surface area contributed by atoms with Crippen LogP contribution in [0.25, 0.3) is 11.0 Å². The molecule has 0 N–H and O–H groups in total. The second-order valence-electron chi connectivity index (χ2n) is 7.21. The summed E-state index contributed by atoms with van der Waals surface area (Å²) in [5.74, 6) is -0.377. The number of nitrogens with zero attached hydrogens (tertiary/aromatic N) is 5. The van der Waals surface area contributed by atoms with Crippen molar-refractivity contribution in [2.24, 2.45) is 14.1 Å². The van der Waals surface area contributed by atoms with E-state index in [0.717, 1.165) is 4.57 Å². The van der Waals surface area contributed by atoms with Gasteiger partial charge in [-0.3, -0.25) is 18.7 Å².